The molecule has 0 spiro atoms. The summed E-state index contributed by atoms with van der Waals surface area (Å²) < 4.78 is 0. The highest BCUT2D eigenvalue weighted by Crippen LogP contribution is 1.23. The highest BCUT2D eigenvalue weighted by atomic mass is 16.4. The maximum absolute atomic E-state index is 9.06. The van der Waals surface area contributed by atoms with Crippen LogP contribution in [0.15, 0.2) is 0 Å². The van der Waals surface area contributed by atoms with Crippen molar-refractivity contribution in [2.24, 2.45) is 0 Å². The lowest BCUT2D eigenvalue weighted by molar-refractivity contribution is -0.369. The third kappa shape index (κ3) is 3.43. The summed E-state index contributed by atoms with van der Waals surface area (Å²) in [5.41, 5.74) is 0. The van der Waals surface area contributed by atoms with Gasteiger partial charge in [-0.2, -0.15) is 0 Å². The van der Waals surface area contributed by atoms with Crippen LogP contribution in [0.25, 0.3) is 0 Å². The van der Waals surface area contributed by atoms with Gasteiger partial charge in [-0.1, -0.05) is 0 Å². The molecule has 2 N–H and O–H groups in total. The molecule has 0 aliphatic rings. The van der Waals surface area contributed by atoms with Gasteiger partial charge in [0.2, 0.25) is 0 Å². The molecule has 0 saturated heterocycles. The molecule has 0 fully saturated rings. The molecule has 0 heterocycles. The van der Waals surface area contributed by atoms with Gasteiger partial charge >= 0.3 is 0 Å². The van der Waals surface area contributed by atoms with Crippen LogP contribution in [0.2, 0.25) is 0 Å². The number of rotatable bonds is 1. The van der Waals surface area contributed by atoms with Gasteiger partial charge < -0.3 is 10.3 Å². The number of nitrogens with one attached hydrogen (secondary N) is 1. The van der Waals surface area contributed by atoms with Crippen LogP contribution in [0.1, 0.15) is 0 Å². The first-order valence-electron chi connectivity index (χ1n) is 1.22. The Labute approximate surface area is 29.5 Å². The molecule has 0 bridgehead atoms. The van der Waals surface area contributed by atoms with Crippen LogP contribution in [0.4, 0.5) is 0 Å². The smallest absolute Gasteiger partial charge is 0.174 e. The Bertz CT molecular complexity index is 34.6. The van der Waals surface area contributed by atoms with E-state index < -0.39 is 0 Å². The molecule has 0 rings (SSSR count). The zero-order chi connectivity index (χ0) is 4.12. The van der Waals surface area contributed by atoms with E-state index in [1.165, 1.54) is 5.16 Å². The van der Waals surface area contributed by atoms with Gasteiger partial charge in [0.1, 0.15) is 6.61 Å². The van der Waals surface area contributed by atoms with Crippen molar-refractivity contribution in [1.82, 2.24) is 0 Å². The first kappa shape index (κ1) is 4.43. The van der Waals surface area contributed by atoms with Crippen molar-refractivity contribution in [3.05, 3.63) is 5.21 Å². The number of aliphatic hydroxyl groups excluding tert-OH is 1. The number of hydrogen-bond donors (Lipinski definition) is 2. The maximum atomic E-state index is 9.06. The molecular weight excluding hydrogens is 70.0 g/mol. The van der Waals surface area contributed by atoms with Crippen LogP contribution < -0.4 is 5.16 Å². The summed E-state index contributed by atoms with van der Waals surface area (Å²) >= 11 is 0. The number of aliphatic hydroxyl groups is 1. The van der Waals surface area contributed by atoms with E-state index >= 15 is 0 Å². The molecule has 0 aliphatic heterocycles. The van der Waals surface area contributed by atoms with E-state index in [1.54, 1.807) is 0 Å². The molecule has 0 atom stereocenters. The van der Waals surface area contributed by atoms with Crippen LogP contribution in [-0.4, -0.2) is 17.9 Å². The van der Waals surface area contributed by atoms with Gasteiger partial charge in [0.15, 0.2) is 6.21 Å². The van der Waals surface area contributed by atoms with Crippen molar-refractivity contribution in [2.75, 3.05) is 6.61 Å². The summed E-state index contributed by atoms with van der Waals surface area (Å²) in [6.45, 7) is -0.205. The zero-order valence-electron chi connectivity index (χ0n) is 2.64. The minimum absolute atomic E-state index is 0.205. The fourth-order valence-electron chi connectivity index (χ4n) is 0.0373. The molecule has 30 valence electrons. The first-order chi connectivity index (χ1) is 2.41. The van der Waals surface area contributed by atoms with Crippen molar-refractivity contribution in [1.29, 1.82) is 0 Å². The van der Waals surface area contributed by atoms with Crippen molar-refractivity contribution in [2.45, 2.75) is 0 Å². The maximum Gasteiger partial charge on any atom is 0.174 e. The van der Waals surface area contributed by atoms with Crippen molar-refractivity contribution in [3.8, 4) is 0 Å². The Morgan fingerprint density at radius 2 is 2.60 bits per heavy atom. The summed E-state index contributed by atoms with van der Waals surface area (Å²) in [6, 6.07) is 0. The van der Waals surface area contributed by atoms with Gasteiger partial charge in [-0.15, -0.1) is 0 Å². The van der Waals surface area contributed by atoms with E-state index in [9.17, 15) is 0 Å². The van der Waals surface area contributed by atoms with Crippen LogP contribution >= 0.6 is 0 Å². The highest BCUT2D eigenvalue weighted by molar-refractivity contribution is 5.50. The lowest BCUT2D eigenvalue weighted by Crippen LogP contribution is -2.60. The molecular formula is C2H5NO2. The van der Waals surface area contributed by atoms with Crippen LogP contribution in [0.5, 0.6) is 0 Å². The van der Waals surface area contributed by atoms with Crippen molar-refractivity contribution < 1.29 is 10.3 Å². The Balaban J connectivity index is 2.62. The third-order valence-corrected chi connectivity index (χ3v) is 0.175. The van der Waals surface area contributed by atoms with Gasteiger partial charge in [0.05, 0.1) is 0 Å². The second-order valence-electron chi connectivity index (χ2n) is 0.505. The Kier molecular flexibility index (Phi) is 3.04. The second-order valence-corrected chi connectivity index (χ2v) is 0.505. The summed E-state index contributed by atoms with van der Waals surface area (Å²) in [4.78, 5) is 0. The van der Waals surface area contributed by atoms with Crippen LogP contribution in [0.3, 0.4) is 0 Å². The van der Waals surface area contributed by atoms with Gasteiger partial charge in [0.25, 0.3) is 0 Å². The summed E-state index contributed by atoms with van der Waals surface area (Å²) in [5, 5.41) is 18.2. The highest BCUT2D eigenvalue weighted by Gasteiger charge is 1.59. The molecule has 0 aromatic heterocycles. The van der Waals surface area contributed by atoms with Crippen molar-refractivity contribution >= 4 is 6.21 Å². The average molecular weight is 75.1 g/mol. The molecule has 0 saturated carbocycles. The van der Waals surface area contributed by atoms with E-state index in [4.69, 9.17) is 10.3 Å². The van der Waals surface area contributed by atoms with Gasteiger partial charge in [0, 0.05) is 0 Å². The topological polar surface area (TPSA) is 57.3 Å². The molecule has 0 aromatic rings. The monoisotopic (exact) mass is 75.0 g/mol. The standard InChI is InChI=1S/C2H5NO2/c4-2-1-3-5/h1,3-4H,2H2. The molecule has 3 nitrogen and oxygen atoms in total. The minimum atomic E-state index is -0.205. The third-order valence-electron chi connectivity index (χ3n) is 0.175. The Morgan fingerprint density at radius 1 is 2.00 bits per heavy atom. The molecule has 3 heteroatoms. The van der Waals surface area contributed by atoms with E-state index in [-0.39, 0.29) is 6.61 Å². The molecule has 0 aliphatic carbocycles. The van der Waals surface area contributed by atoms with E-state index in [0.29, 0.717) is 0 Å². The van der Waals surface area contributed by atoms with E-state index in [1.807, 2.05) is 0 Å². The average Bonchev–Trinajstić information content (AvgIpc) is 1.41. The van der Waals surface area contributed by atoms with E-state index in [2.05, 4.69) is 0 Å². The predicted molar refractivity (Wildman–Crippen MR) is 17.5 cm³/mol. The van der Waals surface area contributed by atoms with Gasteiger partial charge in [-0.05, 0) is 0 Å². The Morgan fingerprint density at radius 3 is 2.60 bits per heavy atom. The normalized spacial score (nSPS) is 9.80. The van der Waals surface area contributed by atoms with Crippen LogP contribution in [-0.2, 0) is 0 Å². The zero-order valence-corrected chi connectivity index (χ0v) is 2.64. The SMILES string of the molecule is [O-][NH+]=CCO. The number of hydrogen-bond acceptors (Lipinski definition) is 2. The lowest BCUT2D eigenvalue weighted by Gasteiger charge is -1.70. The van der Waals surface area contributed by atoms with E-state index in [0.717, 1.165) is 6.21 Å². The summed E-state index contributed by atoms with van der Waals surface area (Å²) in [7, 11) is 0. The van der Waals surface area contributed by atoms with Crippen molar-refractivity contribution in [3.63, 3.8) is 0 Å². The fourth-order valence-corrected chi connectivity index (χ4v) is 0.0373. The summed E-state index contributed by atoms with van der Waals surface area (Å²) in [6.07, 6.45) is 1.00. The molecule has 0 unspecified atom stereocenters. The minimum Gasteiger partial charge on any atom is -0.626 e. The molecule has 0 radical (unpaired) electrons. The second kappa shape index (κ2) is 3.43. The molecule has 5 heavy (non-hydrogen) atoms. The quantitative estimate of drug-likeness (QED) is 0.208. The van der Waals surface area contributed by atoms with Crippen LogP contribution in [0, 0.1) is 5.21 Å². The Hall–Kier alpha value is -0.570. The van der Waals surface area contributed by atoms with Gasteiger partial charge in [-0.3, -0.25) is 0 Å². The lowest BCUT2D eigenvalue weighted by atomic mass is 10.8. The molecule has 0 aromatic carbocycles. The fraction of sp³-hybridized carbons (Fsp3) is 0.500. The van der Waals surface area contributed by atoms with Gasteiger partial charge in [-0.25, -0.2) is 5.16 Å². The largest absolute Gasteiger partial charge is 0.626 e. The first-order valence-corrected chi connectivity index (χ1v) is 1.22. The predicted octanol–water partition coefficient (Wildman–Crippen LogP) is -2.37. The summed E-state index contributed by atoms with van der Waals surface area (Å²) in [5.74, 6) is 0. The molecule has 0 amide bonds.